The Bertz CT molecular complexity index is 944. The van der Waals surface area contributed by atoms with Gasteiger partial charge in [0.25, 0.3) is 5.91 Å². The van der Waals surface area contributed by atoms with E-state index in [1.54, 1.807) is 13.8 Å². The maximum absolute atomic E-state index is 13.8. The van der Waals surface area contributed by atoms with E-state index in [9.17, 15) is 36.6 Å². The molecule has 0 heterocycles. The summed E-state index contributed by atoms with van der Waals surface area (Å²) < 4.78 is 70.5. The average Bonchev–Trinajstić information content (AvgIpc) is 2.73. The number of benzene rings is 2. The fourth-order valence-corrected chi connectivity index (χ4v) is 2.78. The third-order valence-electron chi connectivity index (χ3n) is 4.56. The van der Waals surface area contributed by atoms with E-state index in [2.05, 4.69) is 10.6 Å². The Kier molecular flexibility index (Phi) is 8.75. The predicted octanol–water partition coefficient (Wildman–Crippen LogP) is 3.29. The summed E-state index contributed by atoms with van der Waals surface area (Å²) in [5, 5.41) is 14.7. The number of ether oxygens (including phenoxy) is 1. The van der Waals surface area contributed by atoms with Crippen molar-refractivity contribution in [2.75, 3.05) is 13.2 Å². The Hall–Kier alpha value is -3.21. The monoisotopic (exact) mass is 474 g/mol. The van der Waals surface area contributed by atoms with Crippen LogP contribution in [0, 0.1) is 17.6 Å². The van der Waals surface area contributed by atoms with Gasteiger partial charge in [-0.2, -0.15) is 13.2 Å². The van der Waals surface area contributed by atoms with Crippen molar-refractivity contribution in [1.82, 2.24) is 10.6 Å². The number of carbonyl (C=O) groups excluding carboxylic acids is 2. The van der Waals surface area contributed by atoms with Crippen molar-refractivity contribution in [2.45, 2.75) is 32.2 Å². The molecule has 0 radical (unpaired) electrons. The van der Waals surface area contributed by atoms with Crippen molar-refractivity contribution < 1.29 is 41.4 Å². The number of hydrogen-bond donors (Lipinski definition) is 3. The van der Waals surface area contributed by atoms with Crippen LogP contribution >= 0.6 is 0 Å². The highest BCUT2D eigenvalue weighted by molar-refractivity contribution is 5.98. The number of halogens is 5. The molecule has 2 aromatic rings. The lowest BCUT2D eigenvalue weighted by molar-refractivity contribution is -0.137. The minimum absolute atomic E-state index is 0.0904. The van der Waals surface area contributed by atoms with E-state index < -0.39 is 58.8 Å². The Morgan fingerprint density at radius 2 is 1.61 bits per heavy atom. The molecule has 2 amide bonds. The summed E-state index contributed by atoms with van der Waals surface area (Å²) in [6.45, 7) is 2.58. The Morgan fingerprint density at radius 1 is 1.03 bits per heavy atom. The predicted molar refractivity (Wildman–Crippen MR) is 108 cm³/mol. The number of amides is 2. The molecule has 180 valence electrons. The molecule has 2 aromatic carbocycles. The summed E-state index contributed by atoms with van der Waals surface area (Å²) >= 11 is 0. The number of carbonyl (C=O) groups is 2. The molecule has 0 bridgehead atoms. The van der Waals surface area contributed by atoms with Crippen LogP contribution in [0.5, 0.6) is 5.75 Å². The summed E-state index contributed by atoms with van der Waals surface area (Å²) in [5.41, 5.74) is -1.67. The molecule has 0 aliphatic rings. The molecule has 33 heavy (non-hydrogen) atoms. The van der Waals surface area contributed by atoms with Gasteiger partial charge in [-0.05, 0) is 42.3 Å². The molecule has 0 saturated carbocycles. The van der Waals surface area contributed by atoms with Crippen LogP contribution in [0.2, 0.25) is 0 Å². The quantitative estimate of drug-likeness (QED) is 0.487. The van der Waals surface area contributed by atoms with Crippen LogP contribution in [-0.2, 0) is 11.0 Å². The van der Waals surface area contributed by atoms with Crippen LogP contribution in [0.4, 0.5) is 22.0 Å². The van der Waals surface area contributed by atoms with Gasteiger partial charge in [-0.25, -0.2) is 8.78 Å². The zero-order valence-corrected chi connectivity index (χ0v) is 17.7. The normalized spacial score (nSPS) is 13.4. The second-order valence-corrected chi connectivity index (χ2v) is 7.52. The Labute approximate surface area is 186 Å². The summed E-state index contributed by atoms with van der Waals surface area (Å²) in [7, 11) is 0. The van der Waals surface area contributed by atoms with Crippen molar-refractivity contribution in [3.8, 4) is 5.75 Å². The van der Waals surface area contributed by atoms with Crippen LogP contribution in [0.15, 0.2) is 42.5 Å². The highest BCUT2D eigenvalue weighted by Crippen LogP contribution is 2.30. The van der Waals surface area contributed by atoms with E-state index >= 15 is 0 Å². The van der Waals surface area contributed by atoms with Crippen molar-refractivity contribution >= 4 is 11.8 Å². The maximum atomic E-state index is 13.8. The number of rotatable bonds is 9. The maximum Gasteiger partial charge on any atom is 0.416 e. The number of alkyl halides is 3. The van der Waals surface area contributed by atoms with Crippen molar-refractivity contribution in [3.05, 3.63) is 65.2 Å². The second-order valence-electron chi connectivity index (χ2n) is 7.52. The fraction of sp³-hybridized carbons (Fsp3) is 0.364. The molecule has 0 fully saturated rings. The molecule has 2 rings (SSSR count). The smallest absolute Gasteiger partial charge is 0.416 e. The number of nitrogens with one attached hydrogen (secondary N) is 2. The largest absolute Gasteiger partial charge is 0.491 e. The first-order valence-electron chi connectivity index (χ1n) is 9.90. The minimum Gasteiger partial charge on any atom is -0.491 e. The van der Waals surface area contributed by atoms with Gasteiger partial charge >= 0.3 is 6.18 Å². The Morgan fingerprint density at radius 3 is 2.12 bits per heavy atom. The highest BCUT2D eigenvalue weighted by Gasteiger charge is 2.30. The molecular weight excluding hydrogens is 451 g/mol. The molecule has 0 aromatic heterocycles. The first-order chi connectivity index (χ1) is 15.4. The molecule has 0 spiro atoms. The van der Waals surface area contributed by atoms with Gasteiger partial charge in [0, 0.05) is 6.54 Å². The van der Waals surface area contributed by atoms with Crippen LogP contribution < -0.4 is 15.4 Å². The van der Waals surface area contributed by atoms with E-state index in [0.29, 0.717) is 0 Å². The van der Waals surface area contributed by atoms with E-state index in [0.717, 1.165) is 42.5 Å². The first-order valence-corrected chi connectivity index (χ1v) is 9.90. The Balaban J connectivity index is 1.89. The first kappa shape index (κ1) is 26.0. The second kappa shape index (κ2) is 11.1. The van der Waals surface area contributed by atoms with Crippen LogP contribution in [0.25, 0.3) is 0 Å². The fourth-order valence-electron chi connectivity index (χ4n) is 2.78. The lowest BCUT2D eigenvalue weighted by Crippen LogP contribution is -2.51. The zero-order chi connectivity index (χ0) is 24.8. The lowest BCUT2D eigenvalue weighted by Gasteiger charge is -2.23. The molecule has 3 N–H and O–H groups in total. The van der Waals surface area contributed by atoms with Gasteiger partial charge in [-0.1, -0.05) is 19.9 Å². The zero-order valence-electron chi connectivity index (χ0n) is 17.7. The SMILES string of the molecule is CC(C)C(NC(=O)c1c(F)cccc1F)C(=O)NCC(O)COc1ccc(C(F)(F)F)cc1. The van der Waals surface area contributed by atoms with Crippen LogP contribution in [-0.4, -0.2) is 42.2 Å². The average molecular weight is 474 g/mol. The topological polar surface area (TPSA) is 87.7 Å². The van der Waals surface area contributed by atoms with Gasteiger partial charge in [0.05, 0.1) is 5.56 Å². The number of aliphatic hydroxyl groups is 1. The number of aliphatic hydroxyl groups excluding tert-OH is 1. The molecule has 11 heteroatoms. The van der Waals surface area contributed by atoms with Gasteiger partial charge in [-0.3, -0.25) is 9.59 Å². The van der Waals surface area contributed by atoms with E-state index in [1.165, 1.54) is 0 Å². The van der Waals surface area contributed by atoms with Crippen LogP contribution in [0.1, 0.15) is 29.8 Å². The van der Waals surface area contributed by atoms with Gasteiger partial charge in [0.15, 0.2) is 0 Å². The van der Waals surface area contributed by atoms with E-state index in [1.807, 2.05) is 0 Å². The van der Waals surface area contributed by atoms with Gasteiger partial charge < -0.3 is 20.5 Å². The highest BCUT2D eigenvalue weighted by atomic mass is 19.4. The van der Waals surface area contributed by atoms with E-state index in [4.69, 9.17) is 4.74 Å². The molecule has 0 saturated heterocycles. The van der Waals surface area contributed by atoms with E-state index in [-0.39, 0.29) is 18.9 Å². The molecule has 0 aliphatic carbocycles. The standard InChI is InChI=1S/C22H23F5N2O4/c1-12(2)19(29-20(31)18-16(23)4-3-5-17(18)24)21(32)28-10-14(30)11-33-15-8-6-13(7-9-15)22(25,26)27/h3-9,12,14,19,30H,10-11H2,1-2H3,(H,28,32)(H,29,31). The van der Waals surface area contributed by atoms with Gasteiger partial charge in [0.2, 0.25) is 5.91 Å². The third-order valence-corrected chi connectivity index (χ3v) is 4.56. The van der Waals surface area contributed by atoms with Gasteiger partial charge in [-0.15, -0.1) is 0 Å². The third kappa shape index (κ3) is 7.41. The summed E-state index contributed by atoms with van der Waals surface area (Å²) in [4.78, 5) is 24.7. The summed E-state index contributed by atoms with van der Waals surface area (Å²) in [6, 6.07) is 5.63. The van der Waals surface area contributed by atoms with Crippen molar-refractivity contribution in [1.29, 1.82) is 0 Å². The molecule has 2 atom stereocenters. The summed E-state index contributed by atoms with van der Waals surface area (Å²) in [6.07, 6.45) is -5.70. The minimum atomic E-state index is -4.48. The lowest BCUT2D eigenvalue weighted by atomic mass is 10.0. The van der Waals surface area contributed by atoms with Crippen LogP contribution in [0.3, 0.4) is 0 Å². The molecular formula is C22H23F5N2O4. The van der Waals surface area contributed by atoms with Crippen molar-refractivity contribution in [3.63, 3.8) is 0 Å². The number of hydrogen-bond acceptors (Lipinski definition) is 4. The van der Waals surface area contributed by atoms with Gasteiger partial charge in [0.1, 0.15) is 41.7 Å². The van der Waals surface area contributed by atoms with Crippen molar-refractivity contribution in [2.24, 2.45) is 5.92 Å². The molecule has 0 aliphatic heterocycles. The summed E-state index contributed by atoms with van der Waals surface area (Å²) in [5.74, 6) is -4.33. The molecule has 6 nitrogen and oxygen atoms in total. The molecule has 2 unspecified atom stereocenters.